The van der Waals surface area contributed by atoms with Crippen molar-refractivity contribution in [3.63, 3.8) is 0 Å². The second-order valence-electron chi connectivity index (χ2n) is 5.38. The number of carbonyl (C=O) groups is 1. The molecule has 3 heteroatoms. The van der Waals surface area contributed by atoms with E-state index in [1.54, 1.807) is 12.1 Å². The Hall–Kier alpha value is -1.38. The SMILES string of the molecule is CCC1CCCCC1OC(=O)c1cc(C)ccc1F. The van der Waals surface area contributed by atoms with E-state index in [2.05, 4.69) is 6.92 Å². The van der Waals surface area contributed by atoms with Crippen LogP contribution in [0.5, 0.6) is 0 Å². The Bertz CT molecular complexity index is 456. The van der Waals surface area contributed by atoms with Crippen LogP contribution in [-0.4, -0.2) is 12.1 Å². The van der Waals surface area contributed by atoms with Crippen LogP contribution in [-0.2, 0) is 4.74 Å². The van der Waals surface area contributed by atoms with Gasteiger partial charge in [-0.15, -0.1) is 0 Å². The van der Waals surface area contributed by atoms with E-state index in [4.69, 9.17) is 4.74 Å². The Labute approximate surface area is 114 Å². The molecule has 1 aliphatic carbocycles. The summed E-state index contributed by atoms with van der Waals surface area (Å²) < 4.78 is 19.2. The lowest BCUT2D eigenvalue weighted by Crippen LogP contribution is -2.30. The third-order valence-corrected chi connectivity index (χ3v) is 3.96. The largest absolute Gasteiger partial charge is 0.458 e. The van der Waals surface area contributed by atoms with Gasteiger partial charge in [0.15, 0.2) is 0 Å². The molecule has 0 heterocycles. The van der Waals surface area contributed by atoms with Gasteiger partial charge in [0, 0.05) is 0 Å². The molecular weight excluding hydrogens is 243 g/mol. The maximum Gasteiger partial charge on any atom is 0.341 e. The number of aryl methyl sites for hydroxylation is 1. The van der Waals surface area contributed by atoms with E-state index in [1.807, 2.05) is 6.92 Å². The number of benzene rings is 1. The van der Waals surface area contributed by atoms with Gasteiger partial charge in [0.25, 0.3) is 0 Å². The van der Waals surface area contributed by atoms with Crippen molar-refractivity contribution in [1.29, 1.82) is 0 Å². The minimum absolute atomic E-state index is 0.0498. The highest BCUT2D eigenvalue weighted by Gasteiger charge is 2.28. The Morgan fingerprint density at radius 1 is 1.37 bits per heavy atom. The molecule has 1 aromatic rings. The molecule has 0 spiro atoms. The lowest BCUT2D eigenvalue weighted by atomic mass is 9.85. The highest BCUT2D eigenvalue weighted by molar-refractivity contribution is 5.90. The molecule has 2 nitrogen and oxygen atoms in total. The minimum atomic E-state index is -0.522. The summed E-state index contributed by atoms with van der Waals surface area (Å²) in [6.45, 7) is 3.95. The third kappa shape index (κ3) is 3.34. The summed E-state index contributed by atoms with van der Waals surface area (Å²) >= 11 is 0. The van der Waals surface area contributed by atoms with Crippen LogP contribution < -0.4 is 0 Å². The van der Waals surface area contributed by atoms with E-state index in [0.29, 0.717) is 5.92 Å². The molecular formula is C16H21FO2. The first-order valence-corrected chi connectivity index (χ1v) is 7.09. The van der Waals surface area contributed by atoms with Crippen molar-refractivity contribution in [3.05, 3.63) is 35.1 Å². The molecule has 1 fully saturated rings. The van der Waals surface area contributed by atoms with Gasteiger partial charge in [-0.2, -0.15) is 0 Å². The van der Waals surface area contributed by atoms with Crippen molar-refractivity contribution in [2.45, 2.75) is 52.1 Å². The number of hydrogen-bond acceptors (Lipinski definition) is 2. The summed E-state index contributed by atoms with van der Waals surface area (Å²) in [6, 6.07) is 4.53. The molecule has 2 atom stereocenters. The Morgan fingerprint density at radius 3 is 2.84 bits per heavy atom. The molecule has 0 N–H and O–H groups in total. The molecule has 2 rings (SSSR count). The molecule has 0 aliphatic heterocycles. The molecule has 0 amide bonds. The summed E-state index contributed by atoms with van der Waals surface area (Å²) in [5, 5.41) is 0. The van der Waals surface area contributed by atoms with Gasteiger partial charge in [-0.3, -0.25) is 0 Å². The van der Waals surface area contributed by atoms with E-state index >= 15 is 0 Å². The smallest absolute Gasteiger partial charge is 0.341 e. The standard InChI is InChI=1S/C16H21FO2/c1-3-12-6-4-5-7-15(12)19-16(18)13-10-11(2)8-9-14(13)17/h8-10,12,15H,3-7H2,1-2H3. The average Bonchev–Trinajstić information content (AvgIpc) is 2.42. The Morgan fingerprint density at radius 2 is 2.11 bits per heavy atom. The number of esters is 1. The fraction of sp³-hybridized carbons (Fsp3) is 0.562. The molecule has 19 heavy (non-hydrogen) atoms. The van der Waals surface area contributed by atoms with Crippen LogP contribution in [0.1, 0.15) is 54.9 Å². The number of hydrogen-bond donors (Lipinski definition) is 0. The molecule has 0 radical (unpaired) electrons. The summed E-state index contributed by atoms with van der Waals surface area (Å²) in [4.78, 5) is 12.1. The van der Waals surface area contributed by atoms with E-state index in [1.165, 1.54) is 12.5 Å². The molecule has 1 aliphatic rings. The van der Waals surface area contributed by atoms with Crippen LogP contribution >= 0.6 is 0 Å². The van der Waals surface area contributed by atoms with Crippen LogP contribution in [0, 0.1) is 18.7 Å². The molecule has 0 bridgehead atoms. The van der Waals surface area contributed by atoms with Gasteiger partial charge in [0.1, 0.15) is 11.9 Å². The topological polar surface area (TPSA) is 26.3 Å². The van der Waals surface area contributed by atoms with Gasteiger partial charge in [-0.05, 0) is 50.7 Å². The number of ether oxygens (including phenoxy) is 1. The zero-order valence-corrected chi connectivity index (χ0v) is 11.6. The van der Waals surface area contributed by atoms with Gasteiger partial charge in [-0.1, -0.05) is 25.0 Å². The quantitative estimate of drug-likeness (QED) is 0.762. The summed E-state index contributed by atoms with van der Waals surface area (Å²) in [6.07, 6.45) is 5.25. The van der Waals surface area contributed by atoms with Crippen LogP contribution in [0.25, 0.3) is 0 Å². The molecule has 104 valence electrons. The molecule has 0 saturated heterocycles. The highest BCUT2D eigenvalue weighted by atomic mass is 19.1. The predicted octanol–water partition coefficient (Wildman–Crippen LogP) is 4.26. The highest BCUT2D eigenvalue weighted by Crippen LogP contribution is 2.30. The zero-order chi connectivity index (χ0) is 13.8. The Balaban J connectivity index is 2.09. The van der Waals surface area contributed by atoms with Crippen molar-refractivity contribution in [2.24, 2.45) is 5.92 Å². The Kier molecular flexibility index (Phi) is 4.56. The molecule has 0 aromatic heterocycles. The van der Waals surface area contributed by atoms with Gasteiger partial charge in [0.05, 0.1) is 5.56 Å². The zero-order valence-electron chi connectivity index (χ0n) is 11.6. The lowest BCUT2D eigenvalue weighted by Gasteiger charge is -2.30. The van der Waals surface area contributed by atoms with E-state index < -0.39 is 11.8 Å². The van der Waals surface area contributed by atoms with Gasteiger partial charge in [-0.25, -0.2) is 9.18 Å². The molecule has 1 saturated carbocycles. The van der Waals surface area contributed by atoms with Crippen LogP contribution in [0.15, 0.2) is 18.2 Å². The first-order chi connectivity index (χ1) is 9.11. The normalized spacial score (nSPS) is 23.1. The second-order valence-corrected chi connectivity index (χ2v) is 5.38. The molecule has 1 aromatic carbocycles. The summed E-state index contributed by atoms with van der Waals surface area (Å²) in [5.41, 5.74) is 0.921. The van der Waals surface area contributed by atoms with Gasteiger partial charge < -0.3 is 4.74 Å². The fourth-order valence-electron chi connectivity index (χ4n) is 2.79. The second kappa shape index (κ2) is 6.18. The van der Waals surface area contributed by atoms with E-state index in [9.17, 15) is 9.18 Å². The van der Waals surface area contributed by atoms with Gasteiger partial charge in [0.2, 0.25) is 0 Å². The van der Waals surface area contributed by atoms with Crippen molar-refractivity contribution in [3.8, 4) is 0 Å². The maximum atomic E-state index is 13.7. The van der Waals surface area contributed by atoms with E-state index in [-0.39, 0.29) is 11.7 Å². The fourth-order valence-corrected chi connectivity index (χ4v) is 2.79. The first kappa shape index (κ1) is 14.0. The number of carbonyl (C=O) groups excluding carboxylic acids is 1. The summed E-state index contributed by atoms with van der Waals surface area (Å²) in [7, 11) is 0. The maximum absolute atomic E-state index is 13.7. The number of halogens is 1. The van der Waals surface area contributed by atoms with E-state index in [0.717, 1.165) is 31.2 Å². The monoisotopic (exact) mass is 264 g/mol. The lowest BCUT2D eigenvalue weighted by molar-refractivity contribution is 0.000268. The van der Waals surface area contributed by atoms with Gasteiger partial charge >= 0.3 is 5.97 Å². The van der Waals surface area contributed by atoms with Crippen LogP contribution in [0.3, 0.4) is 0 Å². The van der Waals surface area contributed by atoms with Crippen molar-refractivity contribution < 1.29 is 13.9 Å². The minimum Gasteiger partial charge on any atom is -0.458 e. The third-order valence-electron chi connectivity index (χ3n) is 3.96. The van der Waals surface area contributed by atoms with Crippen molar-refractivity contribution in [2.75, 3.05) is 0 Å². The first-order valence-electron chi connectivity index (χ1n) is 7.09. The van der Waals surface area contributed by atoms with Crippen molar-refractivity contribution in [1.82, 2.24) is 0 Å². The van der Waals surface area contributed by atoms with Crippen molar-refractivity contribution >= 4 is 5.97 Å². The summed E-state index contributed by atoms with van der Waals surface area (Å²) in [5.74, 6) is -0.600. The average molecular weight is 264 g/mol. The van der Waals surface area contributed by atoms with Crippen LogP contribution in [0.4, 0.5) is 4.39 Å². The van der Waals surface area contributed by atoms with Crippen LogP contribution in [0.2, 0.25) is 0 Å². The molecule has 2 unspecified atom stereocenters. The number of rotatable bonds is 3. The predicted molar refractivity (Wildman–Crippen MR) is 72.6 cm³/mol.